The molecule has 0 saturated heterocycles. The van der Waals surface area contributed by atoms with E-state index in [9.17, 15) is 0 Å². The molecule has 0 saturated carbocycles. The topological polar surface area (TPSA) is 12.9 Å². The Labute approximate surface area is 76.8 Å². The van der Waals surface area contributed by atoms with Crippen molar-refractivity contribution in [2.45, 2.75) is 6.92 Å². The van der Waals surface area contributed by atoms with Gasteiger partial charge in [0.25, 0.3) is 0 Å². The number of hydrogen-bond acceptors (Lipinski definition) is 2. The highest BCUT2D eigenvalue weighted by Crippen LogP contribution is 2.17. The molecule has 0 aromatic carbocycles. The van der Waals surface area contributed by atoms with Crippen molar-refractivity contribution in [3.8, 4) is 0 Å². The van der Waals surface area contributed by atoms with E-state index in [0.29, 0.717) is 0 Å². The minimum absolute atomic E-state index is 0.979. The molecule has 0 N–H and O–H groups in total. The molecule has 0 bridgehead atoms. The summed E-state index contributed by atoms with van der Waals surface area (Å²) in [7, 11) is 0. The van der Waals surface area contributed by atoms with Crippen molar-refractivity contribution in [3.05, 3.63) is 47.5 Å². The van der Waals surface area contributed by atoms with Gasteiger partial charge in [-0.1, -0.05) is 31.4 Å². The molecule has 0 spiro atoms. The van der Waals surface area contributed by atoms with Crippen LogP contribution in [0.1, 0.15) is 10.7 Å². The van der Waals surface area contributed by atoms with Gasteiger partial charge in [0.05, 0.1) is 10.7 Å². The van der Waals surface area contributed by atoms with E-state index in [2.05, 4.69) is 18.1 Å². The Morgan fingerprint density at radius 3 is 2.75 bits per heavy atom. The molecular formula is C10H11NS. The van der Waals surface area contributed by atoms with E-state index in [1.54, 1.807) is 23.5 Å². The summed E-state index contributed by atoms with van der Waals surface area (Å²) in [5.74, 6) is 0. The third-order valence-corrected chi connectivity index (χ3v) is 2.21. The first-order valence-corrected chi connectivity index (χ1v) is 4.53. The fourth-order valence-electron chi connectivity index (χ4n) is 0.881. The van der Waals surface area contributed by atoms with Gasteiger partial charge in [-0.15, -0.1) is 11.3 Å². The summed E-state index contributed by atoms with van der Waals surface area (Å²) >= 11 is 1.64. The molecule has 1 aromatic rings. The van der Waals surface area contributed by atoms with Crippen molar-refractivity contribution in [3.63, 3.8) is 0 Å². The third kappa shape index (κ3) is 1.92. The fraction of sp³-hybridized carbons (Fsp3) is 0.100. The molecule has 0 fully saturated rings. The second-order valence-corrected chi connectivity index (χ2v) is 3.38. The van der Waals surface area contributed by atoms with Crippen LogP contribution >= 0.6 is 11.3 Å². The van der Waals surface area contributed by atoms with Crippen LogP contribution in [0.4, 0.5) is 0 Å². The summed E-state index contributed by atoms with van der Waals surface area (Å²) in [6, 6.07) is 0. The minimum Gasteiger partial charge on any atom is -0.242 e. The molecule has 0 aliphatic heterocycles. The summed E-state index contributed by atoms with van der Waals surface area (Å²) < 4.78 is 0. The first-order chi connectivity index (χ1) is 5.77. The number of thiazole rings is 1. The molecule has 1 rings (SSSR count). The van der Waals surface area contributed by atoms with Gasteiger partial charge in [-0.25, -0.2) is 4.98 Å². The van der Waals surface area contributed by atoms with Crippen LogP contribution in [0, 0.1) is 6.92 Å². The largest absolute Gasteiger partial charge is 0.242 e. The van der Waals surface area contributed by atoms with Gasteiger partial charge >= 0.3 is 0 Å². The van der Waals surface area contributed by atoms with E-state index in [4.69, 9.17) is 0 Å². The van der Waals surface area contributed by atoms with Crippen molar-refractivity contribution in [2.24, 2.45) is 0 Å². The first-order valence-electron chi connectivity index (χ1n) is 3.65. The minimum atomic E-state index is 0.979. The Hall–Kier alpha value is -1.15. The molecule has 12 heavy (non-hydrogen) atoms. The number of hydrogen-bond donors (Lipinski definition) is 0. The Morgan fingerprint density at radius 2 is 2.33 bits per heavy atom. The lowest BCUT2D eigenvalue weighted by atomic mass is 10.2. The molecule has 0 unspecified atom stereocenters. The molecule has 2 heteroatoms. The first kappa shape index (κ1) is 8.94. The van der Waals surface area contributed by atoms with Crippen LogP contribution in [0.3, 0.4) is 0 Å². The summed E-state index contributed by atoms with van der Waals surface area (Å²) in [5, 5.41) is 3.09. The molecule has 0 amide bonds. The van der Waals surface area contributed by atoms with Gasteiger partial charge in [0.2, 0.25) is 0 Å². The average Bonchev–Trinajstić information content (AvgIpc) is 2.47. The third-order valence-electron chi connectivity index (χ3n) is 1.43. The number of allylic oxidation sites excluding steroid dienone is 4. The quantitative estimate of drug-likeness (QED) is 0.646. The molecule has 0 atom stereocenters. The molecule has 0 aliphatic carbocycles. The van der Waals surface area contributed by atoms with Gasteiger partial charge in [-0.3, -0.25) is 0 Å². The lowest BCUT2D eigenvalue weighted by Gasteiger charge is -1.92. The van der Waals surface area contributed by atoms with Crippen LogP contribution in [0.2, 0.25) is 0 Å². The molecule has 0 aliphatic rings. The Balaban J connectivity index is 3.02. The molecular weight excluding hydrogens is 166 g/mol. The lowest BCUT2D eigenvalue weighted by molar-refractivity contribution is 1.26. The maximum Gasteiger partial charge on any atom is 0.0901 e. The van der Waals surface area contributed by atoms with Crippen molar-refractivity contribution in [1.29, 1.82) is 0 Å². The van der Waals surface area contributed by atoms with Crippen molar-refractivity contribution in [1.82, 2.24) is 4.98 Å². The van der Waals surface area contributed by atoms with E-state index in [1.165, 1.54) is 0 Å². The highest BCUT2D eigenvalue weighted by molar-refractivity contribution is 7.09. The van der Waals surface area contributed by atoms with Crippen molar-refractivity contribution >= 4 is 16.9 Å². The normalized spacial score (nSPS) is 11.2. The zero-order chi connectivity index (χ0) is 8.97. The Kier molecular flexibility index (Phi) is 3.00. The highest BCUT2D eigenvalue weighted by Gasteiger charge is 1.99. The summed E-state index contributed by atoms with van der Waals surface area (Å²) in [5.41, 5.74) is 2.00. The lowest BCUT2D eigenvalue weighted by Crippen LogP contribution is -1.79. The second-order valence-electron chi connectivity index (χ2n) is 2.31. The van der Waals surface area contributed by atoms with Gasteiger partial charge in [0.1, 0.15) is 0 Å². The predicted octanol–water partition coefficient (Wildman–Crippen LogP) is 3.21. The van der Waals surface area contributed by atoms with Crippen LogP contribution in [0.25, 0.3) is 5.57 Å². The van der Waals surface area contributed by atoms with Crippen LogP contribution in [0.5, 0.6) is 0 Å². The SMILES string of the molecule is C=C/C=C(\C=C)c1csc(C)n1. The Bertz CT molecular complexity index is 320. The van der Waals surface area contributed by atoms with Crippen LogP contribution < -0.4 is 0 Å². The average molecular weight is 177 g/mol. The predicted molar refractivity (Wildman–Crippen MR) is 55.2 cm³/mol. The molecule has 0 radical (unpaired) electrons. The zero-order valence-electron chi connectivity index (χ0n) is 7.08. The standard InChI is InChI=1S/C10H11NS/c1-4-6-9(5-2)10-7-12-8(3)11-10/h4-7H,1-2H2,3H3/b9-6+. The number of rotatable bonds is 3. The zero-order valence-corrected chi connectivity index (χ0v) is 7.90. The van der Waals surface area contributed by atoms with Crippen LogP contribution in [0.15, 0.2) is 36.8 Å². The van der Waals surface area contributed by atoms with Gasteiger partial charge in [0, 0.05) is 11.0 Å². The highest BCUT2D eigenvalue weighted by atomic mass is 32.1. The maximum atomic E-state index is 4.33. The van der Waals surface area contributed by atoms with Crippen molar-refractivity contribution in [2.75, 3.05) is 0 Å². The summed E-state index contributed by atoms with van der Waals surface area (Å²) in [6.45, 7) is 9.33. The molecule has 1 heterocycles. The van der Waals surface area contributed by atoms with Crippen molar-refractivity contribution < 1.29 is 0 Å². The summed E-state index contributed by atoms with van der Waals surface area (Å²) in [6.07, 6.45) is 5.43. The van der Waals surface area contributed by atoms with Gasteiger partial charge in [-0.2, -0.15) is 0 Å². The molecule has 1 aromatic heterocycles. The number of aromatic nitrogens is 1. The van der Waals surface area contributed by atoms with Gasteiger partial charge in [-0.05, 0) is 6.92 Å². The van der Waals surface area contributed by atoms with Gasteiger partial charge < -0.3 is 0 Å². The Morgan fingerprint density at radius 1 is 1.58 bits per heavy atom. The molecule has 62 valence electrons. The van der Waals surface area contributed by atoms with E-state index < -0.39 is 0 Å². The van der Waals surface area contributed by atoms with Crippen LogP contribution in [-0.2, 0) is 0 Å². The summed E-state index contributed by atoms with van der Waals surface area (Å²) in [4.78, 5) is 4.33. The maximum absolute atomic E-state index is 4.33. The second kappa shape index (κ2) is 4.02. The van der Waals surface area contributed by atoms with E-state index in [0.717, 1.165) is 16.3 Å². The smallest absolute Gasteiger partial charge is 0.0901 e. The van der Waals surface area contributed by atoms with E-state index >= 15 is 0 Å². The molecule has 1 nitrogen and oxygen atoms in total. The monoisotopic (exact) mass is 177 g/mol. The number of nitrogens with zero attached hydrogens (tertiary/aromatic N) is 1. The van der Waals surface area contributed by atoms with E-state index in [1.807, 2.05) is 18.4 Å². The number of aryl methyl sites for hydroxylation is 1. The fourth-order valence-corrected chi connectivity index (χ4v) is 1.50. The van der Waals surface area contributed by atoms with E-state index in [-0.39, 0.29) is 0 Å². The van der Waals surface area contributed by atoms with Gasteiger partial charge in [0.15, 0.2) is 0 Å². The van der Waals surface area contributed by atoms with Crippen LogP contribution in [-0.4, -0.2) is 4.98 Å².